The van der Waals surface area contributed by atoms with E-state index < -0.39 is 5.60 Å². The van der Waals surface area contributed by atoms with E-state index in [1.54, 1.807) is 29.1 Å². The van der Waals surface area contributed by atoms with Crippen molar-refractivity contribution in [3.63, 3.8) is 0 Å². The number of rotatable bonds is 4. The summed E-state index contributed by atoms with van der Waals surface area (Å²) in [6.07, 6.45) is 1.66. The van der Waals surface area contributed by atoms with Crippen LogP contribution in [0.1, 0.15) is 34.0 Å². The number of fused-ring (bicyclic) bond motifs is 1. The van der Waals surface area contributed by atoms with Gasteiger partial charge in [-0.05, 0) is 38.5 Å². The number of aromatic nitrogens is 5. The van der Waals surface area contributed by atoms with E-state index in [4.69, 9.17) is 16.3 Å². The average Bonchev–Trinajstić information content (AvgIpc) is 3.21. The third kappa shape index (κ3) is 2.97. The Bertz CT molecular complexity index is 1330. The molecule has 0 saturated carbocycles. The number of hydrogen-bond donors (Lipinski definition) is 2. The molecule has 0 aliphatic heterocycles. The molecule has 0 aliphatic rings. The number of ether oxygens (including phenoxy) is 1. The second-order valence-electron chi connectivity index (χ2n) is 7.65. The summed E-state index contributed by atoms with van der Waals surface area (Å²) in [5.41, 5.74) is 2.29. The van der Waals surface area contributed by atoms with Crippen molar-refractivity contribution in [2.75, 3.05) is 7.11 Å². The number of nitrogens with zero attached hydrogens (tertiary/aromatic N) is 5. The minimum absolute atomic E-state index is 0.0433. The standard InChI is InChI=1S/C22H24ClN5O3/c1-11-18(12(2)28(5)26-11)22(30,17-10-24-13(3)27(17)4)14-7-8-16-15(9-14)19(23)20(29)21(25-16)31-6/h7-10,29-30H,1-6H3. The van der Waals surface area contributed by atoms with Crippen LogP contribution in [0.25, 0.3) is 10.9 Å². The highest BCUT2D eigenvalue weighted by Gasteiger charge is 2.41. The summed E-state index contributed by atoms with van der Waals surface area (Å²) in [6.45, 7) is 5.65. The minimum Gasteiger partial charge on any atom is -0.502 e. The van der Waals surface area contributed by atoms with Crippen molar-refractivity contribution in [1.82, 2.24) is 24.3 Å². The molecule has 0 saturated heterocycles. The van der Waals surface area contributed by atoms with Crippen LogP contribution < -0.4 is 4.74 Å². The van der Waals surface area contributed by atoms with Crippen molar-refractivity contribution >= 4 is 22.5 Å². The van der Waals surface area contributed by atoms with Crippen molar-refractivity contribution in [2.45, 2.75) is 26.4 Å². The first-order valence-electron chi connectivity index (χ1n) is 9.69. The van der Waals surface area contributed by atoms with E-state index in [1.165, 1.54) is 7.11 Å². The molecule has 3 aromatic heterocycles. The first-order chi connectivity index (χ1) is 14.6. The van der Waals surface area contributed by atoms with E-state index in [9.17, 15) is 10.2 Å². The van der Waals surface area contributed by atoms with Crippen molar-refractivity contribution in [3.8, 4) is 11.6 Å². The molecule has 0 fully saturated rings. The van der Waals surface area contributed by atoms with Crippen LogP contribution in [0.15, 0.2) is 24.4 Å². The smallest absolute Gasteiger partial charge is 0.258 e. The van der Waals surface area contributed by atoms with E-state index in [0.29, 0.717) is 33.4 Å². The number of hydrogen-bond acceptors (Lipinski definition) is 6. The number of aliphatic hydroxyl groups is 1. The Morgan fingerprint density at radius 3 is 2.42 bits per heavy atom. The molecule has 0 amide bonds. The number of pyridine rings is 1. The van der Waals surface area contributed by atoms with Crippen LogP contribution in [0.5, 0.6) is 11.6 Å². The predicted molar refractivity (Wildman–Crippen MR) is 118 cm³/mol. The molecule has 1 unspecified atom stereocenters. The quantitative estimate of drug-likeness (QED) is 0.504. The monoisotopic (exact) mass is 441 g/mol. The van der Waals surface area contributed by atoms with Crippen LogP contribution in [-0.4, -0.2) is 41.6 Å². The maximum atomic E-state index is 12.4. The molecule has 3 heterocycles. The van der Waals surface area contributed by atoms with E-state index >= 15 is 0 Å². The predicted octanol–water partition coefficient (Wildman–Crippen LogP) is 3.28. The molecule has 9 heteroatoms. The Balaban J connectivity index is 2.09. The Morgan fingerprint density at radius 2 is 1.87 bits per heavy atom. The molecule has 2 N–H and O–H groups in total. The number of aryl methyl sites for hydroxylation is 3. The molecule has 0 radical (unpaired) electrons. The van der Waals surface area contributed by atoms with Crippen LogP contribution in [0.2, 0.25) is 5.02 Å². The van der Waals surface area contributed by atoms with Crippen molar-refractivity contribution < 1.29 is 14.9 Å². The minimum atomic E-state index is -1.56. The molecule has 0 spiro atoms. The molecule has 1 atom stereocenters. The van der Waals surface area contributed by atoms with Crippen LogP contribution in [-0.2, 0) is 19.7 Å². The van der Waals surface area contributed by atoms with Gasteiger partial charge in [0.05, 0.1) is 35.2 Å². The molecular formula is C22H24ClN5O3. The first kappa shape index (κ1) is 21.1. The van der Waals surface area contributed by atoms with E-state index in [0.717, 1.165) is 11.5 Å². The molecule has 8 nitrogen and oxygen atoms in total. The van der Waals surface area contributed by atoms with E-state index in [2.05, 4.69) is 15.1 Å². The van der Waals surface area contributed by atoms with Gasteiger partial charge in [0.25, 0.3) is 5.88 Å². The van der Waals surface area contributed by atoms with E-state index in [-0.39, 0.29) is 16.7 Å². The fraction of sp³-hybridized carbons (Fsp3) is 0.318. The zero-order chi connectivity index (χ0) is 22.7. The third-order valence-electron chi connectivity index (χ3n) is 5.94. The summed E-state index contributed by atoms with van der Waals surface area (Å²) < 4.78 is 8.70. The molecule has 31 heavy (non-hydrogen) atoms. The summed E-state index contributed by atoms with van der Waals surface area (Å²) in [4.78, 5) is 8.71. The number of methoxy groups -OCH3 is 1. The Morgan fingerprint density at radius 1 is 1.16 bits per heavy atom. The summed E-state index contributed by atoms with van der Waals surface area (Å²) in [6, 6.07) is 5.27. The normalized spacial score (nSPS) is 13.5. The highest BCUT2D eigenvalue weighted by Crippen LogP contribution is 2.43. The van der Waals surface area contributed by atoms with Gasteiger partial charge in [-0.15, -0.1) is 0 Å². The second-order valence-corrected chi connectivity index (χ2v) is 8.02. The van der Waals surface area contributed by atoms with Gasteiger partial charge < -0.3 is 19.5 Å². The highest BCUT2D eigenvalue weighted by molar-refractivity contribution is 6.37. The SMILES string of the molecule is COc1nc2ccc(C(O)(c3c(C)nn(C)c3C)c3cnc(C)n3C)cc2c(Cl)c1O. The zero-order valence-electron chi connectivity index (χ0n) is 18.2. The topological polar surface area (TPSA) is 98.2 Å². The van der Waals surface area contributed by atoms with Gasteiger partial charge >= 0.3 is 0 Å². The van der Waals surface area contributed by atoms with E-state index in [1.807, 2.05) is 39.4 Å². The number of benzene rings is 1. The molecule has 4 aromatic rings. The van der Waals surface area contributed by atoms with Gasteiger partial charge in [0, 0.05) is 30.7 Å². The molecular weight excluding hydrogens is 418 g/mol. The first-order valence-corrected chi connectivity index (χ1v) is 10.1. The zero-order valence-corrected chi connectivity index (χ0v) is 19.0. The molecule has 4 rings (SSSR count). The maximum absolute atomic E-state index is 12.4. The van der Waals surface area contributed by atoms with Crippen molar-refractivity contribution in [2.24, 2.45) is 14.1 Å². The summed E-state index contributed by atoms with van der Waals surface area (Å²) in [7, 11) is 5.11. The Labute approximate surface area is 184 Å². The van der Waals surface area contributed by atoms with Gasteiger partial charge in [-0.3, -0.25) is 4.68 Å². The van der Waals surface area contributed by atoms with Crippen LogP contribution >= 0.6 is 11.6 Å². The summed E-state index contributed by atoms with van der Waals surface area (Å²) in [5, 5.41) is 27.8. The van der Waals surface area contributed by atoms with Gasteiger partial charge in [-0.1, -0.05) is 17.7 Å². The lowest BCUT2D eigenvalue weighted by molar-refractivity contribution is 0.116. The van der Waals surface area contributed by atoms with Crippen LogP contribution in [0, 0.1) is 20.8 Å². The largest absolute Gasteiger partial charge is 0.502 e. The molecule has 0 bridgehead atoms. The van der Waals surface area contributed by atoms with Crippen LogP contribution in [0.3, 0.4) is 0 Å². The van der Waals surface area contributed by atoms with Gasteiger partial charge in [-0.25, -0.2) is 9.97 Å². The van der Waals surface area contributed by atoms with Crippen LogP contribution in [0.4, 0.5) is 0 Å². The number of halogens is 1. The molecule has 162 valence electrons. The van der Waals surface area contributed by atoms with Gasteiger partial charge in [-0.2, -0.15) is 5.10 Å². The van der Waals surface area contributed by atoms with Gasteiger partial charge in [0.2, 0.25) is 0 Å². The lowest BCUT2D eigenvalue weighted by Crippen LogP contribution is -2.32. The second kappa shape index (κ2) is 7.25. The van der Waals surface area contributed by atoms with Crippen molar-refractivity contribution in [1.29, 1.82) is 0 Å². The number of aromatic hydroxyl groups is 1. The molecule has 1 aromatic carbocycles. The fourth-order valence-electron chi connectivity index (χ4n) is 4.12. The maximum Gasteiger partial charge on any atom is 0.258 e. The third-order valence-corrected chi connectivity index (χ3v) is 6.32. The Kier molecular flexibility index (Phi) is 4.94. The molecule has 0 aliphatic carbocycles. The highest BCUT2D eigenvalue weighted by atomic mass is 35.5. The lowest BCUT2D eigenvalue weighted by atomic mass is 9.81. The lowest BCUT2D eigenvalue weighted by Gasteiger charge is -2.30. The average molecular weight is 442 g/mol. The van der Waals surface area contributed by atoms with Gasteiger partial charge in [0.1, 0.15) is 5.82 Å². The summed E-state index contributed by atoms with van der Waals surface area (Å²) in [5.74, 6) is 0.555. The summed E-state index contributed by atoms with van der Waals surface area (Å²) >= 11 is 6.44. The Hall–Kier alpha value is -3.10. The fourth-order valence-corrected chi connectivity index (χ4v) is 4.35. The number of imidazole rings is 1. The van der Waals surface area contributed by atoms with Crippen molar-refractivity contribution in [3.05, 3.63) is 63.5 Å². The van der Waals surface area contributed by atoms with Gasteiger partial charge in [0.15, 0.2) is 11.4 Å².